The van der Waals surface area contributed by atoms with E-state index in [1.807, 2.05) is 30.3 Å². The largest absolute Gasteiger partial charge is 0.364 e. The molecule has 29 heavy (non-hydrogen) atoms. The van der Waals surface area contributed by atoms with E-state index in [9.17, 15) is 14.4 Å². The van der Waals surface area contributed by atoms with Crippen molar-refractivity contribution in [2.45, 2.75) is 12.8 Å². The number of hydrogen-bond acceptors (Lipinski definition) is 4. The normalized spacial score (nSPS) is 10.3. The van der Waals surface area contributed by atoms with E-state index in [1.165, 1.54) is 10.7 Å². The summed E-state index contributed by atoms with van der Waals surface area (Å²) >= 11 is 0. The van der Waals surface area contributed by atoms with Crippen LogP contribution in [0.2, 0.25) is 0 Å². The number of nitrogens with one attached hydrogen (secondary N) is 2. The van der Waals surface area contributed by atoms with Gasteiger partial charge < -0.3 is 16.4 Å². The summed E-state index contributed by atoms with van der Waals surface area (Å²) in [6.45, 7) is 0.263. The van der Waals surface area contributed by atoms with Crippen LogP contribution in [0.25, 0.3) is 5.69 Å². The molecule has 0 aliphatic rings. The number of nitrogens with zero attached hydrogens (tertiary/aromatic N) is 2. The number of aromatic nitrogens is 2. The van der Waals surface area contributed by atoms with Crippen molar-refractivity contribution >= 4 is 23.4 Å². The van der Waals surface area contributed by atoms with Gasteiger partial charge in [0.2, 0.25) is 11.8 Å². The molecule has 3 amide bonds. The standard InChI is InChI=1S/C21H21N5O3/c22-21(29)18-11-13-26(25-18)17-8-6-16(7-9-17)24-19(27)10-12-23-20(28)14-15-4-2-1-3-5-15/h1-9,11,13H,10,12,14H2,(H2,22,29)(H,23,28)(H,24,27). The first-order chi connectivity index (χ1) is 14.0. The molecule has 0 saturated carbocycles. The van der Waals surface area contributed by atoms with Gasteiger partial charge in [-0.25, -0.2) is 4.68 Å². The molecule has 1 heterocycles. The van der Waals surface area contributed by atoms with Crippen LogP contribution in [0.3, 0.4) is 0 Å². The highest BCUT2D eigenvalue weighted by Crippen LogP contribution is 2.13. The van der Waals surface area contributed by atoms with Gasteiger partial charge in [0.15, 0.2) is 0 Å². The monoisotopic (exact) mass is 391 g/mol. The van der Waals surface area contributed by atoms with Crippen molar-refractivity contribution in [1.29, 1.82) is 0 Å². The van der Waals surface area contributed by atoms with Gasteiger partial charge in [-0.05, 0) is 35.9 Å². The Hall–Kier alpha value is -3.94. The van der Waals surface area contributed by atoms with Crippen molar-refractivity contribution in [2.24, 2.45) is 5.73 Å². The number of nitrogens with two attached hydrogens (primary N) is 1. The zero-order valence-corrected chi connectivity index (χ0v) is 15.7. The van der Waals surface area contributed by atoms with Crippen molar-refractivity contribution in [3.63, 3.8) is 0 Å². The zero-order chi connectivity index (χ0) is 20.6. The Morgan fingerprint density at radius 2 is 1.66 bits per heavy atom. The van der Waals surface area contributed by atoms with E-state index in [-0.39, 0.29) is 36.9 Å². The van der Waals surface area contributed by atoms with E-state index in [1.54, 1.807) is 30.5 Å². The molecule has 1 aromatic heterocycles. The van der Waals surface area contributed by atoms with Crippen LogP contribution in [0.5, 0.6) is 0 Å². The average Bonchev–Trinajstić information content (AvgIpc) is 3.20. The summed E-state index contributed by atoms with van der Waals surface area (Å²) in [5, 5.41) is 9.59. The summed E-state index contributed by atoms with van der Waals surface area (Å²) in [4.78, 5) is 35.1. The fraction of sp³-hybridized carbons (Fsp3) is 0.143. The Kier molecular flexibility index (Phi) is 6.36. The number of amides is 3. The van der Waals surface area contributed by atoms with Gasteiger partial charge in [-0.1, -0.05) is 30.3 Å². The van der Waals surface area contributed by atoms with Crippen LogP contribution in [-0.4, -0.2) is 34.0 Å². The van der Waals surface area contributed by atoms with Crippen LogP contribution in [-0.2, 0) is 16.0 Å². The molecule has 0 saturated heterocycles. The second-order valence-electron chi connectivity index (χ2n) is 6.37. The van der Waals surface area contributed by atoms with Crippen LogP contribution in [0.1, 0.15) is 22.5 Å². The number of primary amides is 1. The van der Waals surface area contributed by atoms with E-state index in [0.29, 0.717) is 5.69 Å². The SMILES string of the molecule is NC(=O)c1ccn(-c2ccc(NC(=O)CCNC(=O)Cc3ccccc3)cc2)n1. The summed E-state index contributed by atoms with van der Waals surface area (Å²) in [7, 11) is 0. The summed E-state index contributed by atoms with van der Waals surface area (Å²) in [6, 6.07) is 17.9. The van der Waals surface area contributed by atoms with Crippen LogP contribution < -0.4 is 16.4 Å². The van der Waals surface area contributed by atoms with Gasteiger partial charge in [-0.3, -0.25) is 14.4 Å². The number of carbonyl (C=O) groups excluding carboxylic acids is 3. The highest BCUT2D eigenvalue weighted by atomic mass is 16.2. The number of hydrogen-bond donors (Lipinski definition) is 3. The van der Waals surface area contributed by atoms with Crippen LogP contribution in [0, 0.1) is 0 Å². The molecule has 0 aliphatic heterocycles. The lowest BCUT2D eigenvalue weighted by molar-refractivity contribution is -0.120. The van der Waals surface area contributed by atoms with Gasteiger partial charge in [0.1, 0.15) is 5.69 Å². The number of benzene rings is 2. The van der Waals surface area contributed by atoms with Gasteiger partial charge in [0, 0.05) is 24.8 Å². The molecule has 3 aromatic rings. The minimum absolute atomic E-state index is 0.122. The van der Waals surface area contributed by atoms with Gasteiger partial charge in [0.25, 0.3) is 5.91 Å². The fourth-order valence-electron chi connectivity index (χ4n) is 2.68. The maximum Gasteiger partial charge on any atom is 0.269 e. The molecule has 4 N–H and O–H groups in total. The van der Waals surface area contributed by atoms with E-state index in [0.717, 1.165) is 11.3 Å². The summed E-state index contributed by atoms with van der Waals surface area (Å²) in [5.41, 5.74) is 7.64. The Labute approximate surface area is 167 Å². The van der Waals surface area contributed by atoms with E-state index in [2.05, 4.69) is 15.7 Å². The second kappa shape index (κ2) is 9.32. The molecule has 148 valence electrons. The molecular weight excluding hydrogens is 370 g/mol. The molecule has 0 radical (unpaired) electrons. The lowest BCUT2D eigenvalue weighted by Gasteiger charge is -2.08. The molecule has 2 aromatic carbocycles. The number of anilines is 1. The first kappa shape index (κ1) is 19.8. The lowest BCUT2D eigenvalue weighted by atomic mass is 10.1. The smallest absolute Gasteiger partial charge is 0.269 e. The summed E-state index contributed by atoms with van der Waals surface area (Å²) in [6.07, 6.45) is 2.09. The van der Waals surface area contributed by atoms with Crippen molar-refractivity contribution in [2.75, 3.05) is 11.9 Å². The van der Waals surface area contributed by atoms with Gasteiger partial charge in [0.05, 0.1) is 12.1 Å². The second-order valence-corrected chi connectivity index (χ2v) is 6.37. The molecule has 0 spiro atoms. The van der Waals surface area contributed by atoms with Crippen molar-refractivity contribution < 1.29 is 14.4 Å². The first-order valence-corrected chi connectivity index (χ1v) is 9.07. The topological polar surface area (TPSA) is 119 Å². The molecule has 8 nitrogen and oxygen atoms in total. The minimum Gasteiger partial charge on any atom is -0.364 e. The van der Waals surface area contributed by atoms with Crippen LogP contribution >= 0.6 is 0 Å². The highest BCUT2D eigenvalue weighted by Gasteiger charge is 2.08. The minimum atomic E-state index is -0.594. The molecule has 0 fully saturated rings. The number of carbonyl (C=O) groups is 3. The quantitative estimate of drug-likeness (QED) is 0.541. The van der Waals surface area contributed by atoms with Gasteiger partial charge in [-0.2, -0.15) is 5.10 Å². The van der Waals surface area contributed by atoms with Crippen LogP contribution in [0.4, 0.5) is 5.69 Å². The lowest BCUT2D eigenvalue weighted by Crippen LogP contribution is -2.28. The predicted molar refractivity (Wildman–Crippen MR) is 108 cm³/mol. The average molecular weight is 391 g/mol. The highest BCUT2D eigenvalue weighted by molar-refractivity contribution is 5.91. The molecule has 0 aliphatic carbocycles. The number of rotatable bonds is 8. The Morgan fingerprint density at radius 3 is 2.31 bits per heavy atom. The fourth-order valence-corrected chi connectivity index (χ4v) is 2.68. The Morgan fingerprint density at radius 1 is 0.931 bits per heavy atom. The Balaban J connectivity index is 1.44. The van der Waals surface area contributed by atoms with Gasteiger partial charge in [-0.15, -0.1) is 0 Å². The molecule has 0 atom stereocenters. The zero-order valence-electron chi connectivity index (χ0n) is 15.7. The van der Waals surface area contributed by atoms with E-state index in [4.69, 9.17) is 5.73 Å². The van der Waals surface area contributed by atoms with Crippen LogP contribution in [0.15, 0.2) is 66.9 Å². The molecule has 3 rings (SSSR count). The molecule has 8 heteroatoms. The summed E-state index contributed by atoms with van der Waals surface area (Å²) in [5.74, 6) is -0.917. The maximum absolute atomic E-state index is 12.1. The van der Waals surface area contributed by atoms with Gasteiger partial charge >= 0.3 is 0 Å². The first-order valence-electron chi connectivity index (χ1n) is 9.07. The van der Waals surface area contributed by atoms with E-state index < -0.39 is 5.91 Å². The van der Waals surface area contributed by atoms with Crippen molar-refractivity contribution in [3.05, 3.63) is 78.1 Å². The Bertz CT molecular complexity index is 997. The van der Waals surface area contributed by atoms with E-state index >= 15 is 0 Å². The van der Waals surface area contributed by atoms with Crippen molar-refractivity contribution in [1.82, 2.24) is 15.1 Å². The third-order valence-electron chi connectivity index (χ3n) is 4.14. The molecule has 0 bridgehead atoms. The third kappa shape index (κ3) is 5.77. The molecular formula is C21H21N5O3. The summed E-state index contributed by atoms with van der Waals surface area (Å²) < 4.78 is 1.52. The molecule has 0 unspecified atom stereocenters. The maximum atomic E-state index is 12.1. The third-order valence-corrected chi connectivity index (χ3v) is 4.14. The van der Waals surface area contributed by atoms with Crippen molar-refractivity contribution in [3.8, 4) is 5.69 Å². The predicted octanol–water partition coefficient (Wildman–Crippen LogP) is 1.66.